The number of nitrogens with zero attached hydrogens (tertiary/aromatic N) is 2. The molecule has 2 atom stereocenters. The number of rotatable bonds is 15. The molecule has 0 spiro atoms. The molecule has 10 heteroatoms. The van der Waals surface area contributed by atoms with Crippen LogP contribution in [0, 0.1) is 24.7 Å². The van der Waals surface area contributed by atoms with Gasteiger partial charge in [-0.25, -0.2) is 8.42 Å². The number of hydrogen-bond acceptors (Lipinski definition) is 7. The van der Waals surface area contributed by atoms with Crippen LogP contribution in [0.3, 0.4) is 0 Å². The third-order valence-corrected chi connectivity index (χ3v) is 8.48. The molecular weight excluding hydrogens is 542 g/mol. The van der Waals surface area contributed by atoms with E-state index in [-0.39, 0.29) is 37.1 Å². The number of aliphatic hydroxyl groups is 1. The lowest BCUT2D eigenvalue weighted by atomic mass is 10.0. The lowest BCUT2D eigenvalue weighted by molar-refractivity contribution is -0.124. The summed E-state index contributed by atoms with van der Waals surface area (Å²) in [6.07, 6.45) is -0.925. The fourth-order valence-corrected chi connectivity index (χ4v) is 6.19. The molecule has 0 unspecified atom stereocenters. The van der Waals surface area contributed by atoms with Crippen LogP contribution in [0.1, 0.15) is 36.1 Å². The molecule has 0 fully saturated rings. The Labute approximate surface area is 242 Å². The van der Waals surface area contributed by atoms with Crippen molar-refractivity contribution in [2.75, 3.05) is 19.7 Å². The van der Waals surface area contributed by atoms with Gasteiger partial charge in [-0.05, 0) is 60.6 Å². The Morgan fingerprint density at radius 1 is 0.927 bits per heavy atom. The van der Waals surface area contributed by atoms with Gasteiger partial charge in [-0.1, -0.05) is 79.7 Å². The van der Waals surface area contributed by atoms with Gasteiger partial charge in [0.25, 0.3) is 5.91 Å². The van der Waals surface area contributed by atoms with Gasteiger partial charge >= 0.3 is 0 Å². The number of aryl methyl sites for hydroxylation is 2. The molecule has 0 radical (unpaired) electrons. The second-order valence-electron chi connectivity index (χ2n) is 10.6. The lowest BCUT2D eigenvalue weighted by Crippen LogP contribution is -2.52. The van der Waals surface area contributed by atoms with Crippen molar-refractivity contribution >= 4 is 15.9 Å². The maximum absolute atomic E-state index is 13.6. The average molecular weight is 582 g/mol. The fraction of sp³-hybridized carbons (Fsp3) is 0.387. The first-order valence-electron chi connectivity index (χ1n) is 13.6. The van der Waals surface area contributed by atoms with E-state index in [2.05, 4.69) is 10.5 Å². The van der Waals surface area contributed by atoms with Gasteiger partial charge < -0.3 is 15.2 Å². The molecular formula is C31H39N3O6S. The van der Waals surface area contributed by atoms with E-state index >= 15 is 0 Å². The average Bonchev–Trinajstić information content (AvgIpc) is 2.93. The van der Waals surface area contributed by atoms with Gasteiger partial charge in [0.1, 0.15) is 12.3 Å². The molecule has 41 heavy (non-hydrogen) atoms. The summed E-state index contributed by atoms with van der Waals surface area (Å²) in [5.74, 6) is 0.181. The molecule has 0 aliphatic rings. The molecule has 220 valence electrons. The van der Waals surface area contributed by atoms with Crippen molar-refractivity contribution in [3.8, 4) is 5.75 Å². The quantitative estimate of drug-likeness (QED) is 0.257. The maximum Gasteiger partial charge on any atom is 0.258 e. The minimum atomic E-state index is -3.99. The van der Waals surface area contributed by atoms with E-state index in [1.54, 1.807) is 12.1 Å². The summed E-state index contributed by atoms with van der Waals surface area (Å²) >= 11 is 0. The van der Waals surface area contributed by atoms with Crippen molar-refractivity contribution in [1.82, 2.24) is 9.62 Å². The summed E-state index contributed by atoms with van der Waals surface area (Å²) in [4.78, 5) is 23.6. The highest BCUT2D eigenvalue weighted by atomic mass is 32.2. The maximum atomic E-state index is 13.6. The van der Waals surface area contributed by atoms with Crippen LogP contribution in [0.25, 0.3) is 0 Å². The van der Waals surface area contributed by atoms with Gasteiger partial charge in [0, 0.05) is 13.1 Å². The minimum Gasteiger partial charge on any atom is -0.483 e. The molecule has 0 heterocycles. The number of para-hydroxylation sites is 1. The van der Waals surface area contributed by atoms with Crippen molar-refractivity contribution < 1.29 is 23.1 Å². The summed E-state index contributed by atoms with van der Waals surface area (Å²) in [7, 11) is -3.99. The van der Waals surface area contributed by atoms with E-state index in [9.17, 15) is 23.2 Å². The summed E-state index contributed by atoms with van der Waals surface area (Å²) in [6, 6.07) is 20.3. The van der Waals surface area contributed by atoms with Gasteiger partial charge in [-0.15, -0.1) is 0 Å². The normalized spacial score (nSPS) is 13.1. The summed E-state index contributed by atoms with van der Waals surface area (Å²) in [5, 5.41) is 17.1. The zero-order valence-electron chi connectivity index (χ0n) is 24.0. The first-order valence-corrected chi connectivity index (χ1v) is 15.0. The number of sulfonamides is 1. The van der Waals surface area contributed by atoms with E-state index in [1.165, 1.54) is 16.4 Å². The van der Waals surface area contributed by atoms with Crippen molar-refractivity contribution in [3.05, 3.63) is 100.0 Å². The molecule has 0 saturated heterocycles. The highest BCUT2D eigenvalue weighted by Gasteiger charge is 2.31. The van der Waals surface area contributed by atoms with Crippen LogP contribution < -0.4 is 10.1 Å². The van der Waals surface area contributed by atoms with Crippen LogP contribution in [-0.4, -0.2) is 55.6 Å². The van der Waals surface area contributed by atoms with Crippen LogP contribution in [0.4, 0.5) is 0 Å². The fourth-order valence-electron chi connectivity index (χ4n) is 4.57. The van der Waals surface area contributed by atoms with E-state index in [0.717, 1.165) is 16.7 Å². The monoisotopic (exact) mass is 581 g/mol. The second-order valence-corrected chi connectivity index (χ2v) is 12.5. The third-order valence-electron chi connectivity index (χ3n) is 6.63. The standard InChI is InChI=1S/C31H39N3O6S/c1-22(2)19-34(41(38,39)27-15-13-26(14-16-27)18-32-37)20-29(35)28(17-25-11-6-5-7-12-25)33-30(36)21-40-31-23(3)9-8-10-24(31)4/h5-16,22,28-29,35H,17-21H2,1-4H3,(H,33,36)/t28-,29+/m0/s1. The van der Waals surface area contributed by atoms with Crippen LogP contribution in [-0.2, 0) is 27.8 Å². The molecule has 0 aliphatic heterocycles. The summed E-state index contributed by atoms with van der Waals surface area (Å²) in [5.41, 5.74) is 3.29. The molecule has 9 nitrogen and oxygen atoms in total. The first-order chi connectivity index (χ1) is 19.5. The van der Waals surface area contributed by atoms with Gasteiger partial charge in [0.2, 0.25) is 10.0 Å². The van der Waals surface area contributed by atoms with Crippen molar-refractivity contribution in [1.29, 1.82) is 0 Å². The molecule has 3 aromatic rings. The molecule has 0 aromatic heterocycles. The number of amides is 1. The zero-order chi connectivity index (χ0) is 30.0. The number of carbonyl (C=O) groups is 1. The minimum absolute atomic E-state index is 0.0246. The first kappa shape index (κ1) is 31.9. The Morgan fingerprint density at radius 3 is 2.15 bits per heavy atom. The number of carbonyl (C=O) groups excluding carboxylic acids is 1. The second kappa shape index (κ2) is 14.9. The Balaban J connectivity index is 1.81. The predicted octanol–water partition coefficient (Wildman–Crippen LogP) is 4.38. The largest absolute Gasteiger partial charge is 0.483 e. The molecule has 0 bridgehead atoms. The van der Waals surface area contributed by atoms with E-state index in [1.807, 2.05) is 76.2 Å². The Bertz CT molecular complexity index is 1370. The zero-order valence-corrected chi connectivity index (χ0v) is 24.8. The number of nitrogens with one attached hydrogen (secondary N) is 1. The Morgan fingerprint density at radius 2 is 1.56 bits per heavy atom. The number of benzene rings is 3. The van der Waals surface area contributed by atoms with Gasteiger partial charge in [0.15, 0.2) is 6.61 Å². The van der Waals surface area contributed by atoms with Gasteiger partial charge in [0.05, 0.1) is 17.0 Å². The number of ether oxygens (including phenoxy) is 1. The SMILES string of the molecule is Cc1cccc(C)c1OCC(=O)N[C@@H](Cc1ccccc1)[C@H](O)CN(CC(C)C)S(=O)(=O)c1ccc(CN=O)cc1. The van der Waals surface area contributed by atoms with Crippen LogP contribution >= 0.6 is 0 Å². The molecule has 3 rings (SSSR count). The van der Waals surface area contributed by atoms with Gasteiger partial charge in [-0.3, -0.25) is 4.79 Å². The smallest absolute Gasteiger partial charge is 0.258 e. The van der Waals surface area contributed by atoms with Crippen LogP contribution in [0.15, 0.2) is 82.9 Å². The number of nitroso groups, excluding NO2 is 1. The molecule has 1 amide bonds. The predicted molar refractivity (Wildman–Crippen MR) is 159 cm³/mol. The molecule has 2 N–H and O–H groups in total. The van der Waals surface area contributed by atoms with E-state index < -0.39 is 28.1 Å². The Hall–Kier alpha value is -3.60. The highest BCUT2D eigenvalue weighted by molar-refractivity contribution is 7.89. The summed E-state index contributed by atoms with van der Waals surface area (Å²) in [6.45, 7) is 7.22. The molecule has 0 saturated carbocycles. The highest BCUT2D eigenvalue weighted by Crippen LogP contribution is 2.23. The van der Waals surface area contributed by atoms with Crippen LogP contribution in [0.5, 0.6) is 5.75 Å². The topological polar surface area (TPSA) is 125 Å². The number of hydrogen-bond donors (Lipinski definition) is 2. The Kier molecular flexibility index (Phi) is 11.6. The third kappa shape index (κ3) is 9.21. The summed E-state index contributed by atoms with van der Waals surface area (Å²) < 4.78 is 34.3. The van der Waals surface area contributed by atoms with Crippen molar-refractivity contribution in [3.63, 3.8) is 0 Å². The number of aliphatic hydroxyl groups excluding tert-OH is 1. The van der Waals surface area contributed by atoms with Crippen LogP contribution in [0.2, 0.25) is 0 Å². The van der Waals surface area contributed by atoms with Crippen molar-refractivity contribution in [2.45, 2.75) is 57.7 Å². The lowest BCUT2D eigenvalue weighted by Gasteiger charge is -2.31. The van der Waals surface area contributed by atoms with Gasteiger partial charge in [-0.2, -0.15) is 9.21 Å². The molecule has 0 aliphatic carbocycles. The molecule has 3 aromatic carbocycles. The van der Waals surface area contributed by atoms with E-state index in [0.29, 0.717) is 17.7 Å². The van der Waals surface area contributed by atoms with E-state index in [4.69, 9.17) is 4.74 Å². The van der Waals surface area contributed by atoms with Crippen molar-refractivity contribution in [2.24, 2.45) is 11.1 Å².